The summed E-state index contributed by atoms with van der Waals surface area (Å²) in [7, 11) is 0. The number of carbonyl (C=O) groups excluding carboxylic acids is 1. The van der Waals surface area contributed by atoms with Crippen molar-refractivity contribution in [2.24, 2.45) is 5.92 Å². The van der Waals surface area contributed by atoms with Crippen LogP contribution in [-0.2, 0) is 9.47 Å². The molecule has 0 bridgehead atoms. The van der Waals surface area contributed by atoms with Gasteiger partial charge in [0.1, 0.15) is 6.10 Å². The first-order valence-electron chi connectivity index (χ1n) is 4.09. The molecular weight excluding hydrogens is 158 g/mol. The molecule has 4 heteroatoms. The van der Waals surface area contributed by atoms with Gasteiger partial charge in [0, 0.05) is 0 Å². The molecule has 0 aromatic carbocycles. The third-order valence-corrected chi connectivity index (χ3v) is 1.92. The van der Waals surface area contributed by atoms with E-state index in [1.165, 1.54) is 0 Å². The molecule has 0 fully saturated rings. The number of rotatable bonds is 4. The number of nitrogens with one attached hydrogen (secondary N) is 1. The van der Waals surface area contributed by atoms with Gasteiger partial charge in [-0.15, -0.1) is 0 Å². The Labute approximate surface area is 73.0 Å². The second-order valence-electron chi connectivity index (χ2n) is 2.75. The van der Waals surface area contributed by atoms with E-state index in [1.54, 1.807) is 0 Å². The minimum atomic E-state index is -0.752. The van der Waals surface area contributed by atoms with Crippen LogP contribution in [0.3, 0.4) is 0 Å². The molecule has 0 heterocycles. The van der Waals surface area contributed by atoms with Gasteiger partial charge < -0.3 is 9.47 Å². The molecule has 0 saturated heterocycles. The molecule has 1 radical (unpaired) electrons. The van der Waals surface area contributed by atoms with E-state index in [2.05, 4.69) is 4.74 Å². The summed E-state index contributed by atoms with van der Waals surface area (Å²) in [6.07, 6.45) is 0.0573. The van der Waals surface area contributed by atoms with Crippen molar-refractivity contribution in [2.45, 2.75) is 33.3 Å². The predicted molar refractivity (Wildman–Crippen MR) is 44.4 cm³/mol. The molecule has 0 rings (SSSR count). The third kappa shape index (κ3) is 4.18. The summed E-state index contributed by atoms with van der Waals surface area (Å²) < 4.78 is 9.17. The van der Waals surface area contributed by atoms with Gasteiger partial charge >= 0.3 is 6.16 Å². The molecule has 0 aliphatic heterocycles. The Kier molecular flexibility index (Phi) is 5.45. The zero-order valence-corrected chi connectivity index (χ0v) is 7.79. The number of carbonyl (C=O) groups is 1. The summed E-state index contributed by atoms with van der Waals surface area (Å²) in [6, 6.07) is 0. The molecule has 71 valence electrons. The standard InChI is InChI=1S/C8H16NO3/c1-4-6(2)7(3)12-8(10)11-5-9/h6-7,9H,4-5H2,1-3H3. The van der Waals surface area contributed by atoms with E-state index >= 15 is 0 Å². The van der Waals surface area contributed by atoms with Crippen LogP contribution in [0.5, 0.6) is 0 Å². The lowest BCUT2D eigenvalue weighted by Crippen LogP contribution is -2.22. The zero-order chi connectivity index (χ0) is 9.56. The Morgan fingerprint density at radius 2 is 2.08 bits per heavy atom. The van der Waals surface area contributed by atoms with Gasteiger partial charge in [-0.05, 0) is 12.8 Å². The molecule has 4 nitrogen and oxygen atoms in total. The maximum absolute atomic E-state index is 10.7. The van der Waals surface area contributed by atoms with Crippen LogP contribution in [0, 0.1) is 5.92 Å². The second kappa shape index (κ2) is 5.83. The number of hydrogen-bond donors (Lipinski definition) is 0. The number of hydrogen-bond acceptors (Lipinski definition) is 3. The van der Waals surface area contributed by atoms with Crippen molar-refractivity contribution in [3.05, 3.63) is 0 Å². The van der Waals surface area contributed by atoms with Crippen LogP contribution in [0.4, 0.5) is 4.79 Å². The quantitative estimate of drug-likeness (QED) is 0.611. The van der Waals surface area contributed by atoms with Crippen molar-refractivity contribution in [3.63, 3.8) is 0 Å². The van der Waals surface area contributed by atoms with E-state index in [9.17, 15) is 4.79 Å². The Balaban J connectivity index is 3.67. The van der Waals surface area contributed by atoms with Crippen molar-refractivity contribution in [2.75, 3.05) is 6.73 Å². The van der Waals surface area contributed by atoms with E-state index < -0.39 is 6.16 Å². The predicted octanol–water partition coefficient (Wildman–Crippen LogP) is 1.81. The molecule has 0 aromatic rings. The smallest absolute Gasteiger partial charge is 0.431 e. The van der Waals surface area contributed by atoms with Gasteiger partial charge in [0.25, 0.3) is 0 Å². The van der Waals surface area contributed by atoms with Crippen molar-refractivity contribution in [1.82, 2.24) is 5.73 Å². The topological polar surface area (TPSA) is 59.3 Å². The molecule has 12 heavy (non-hydrogen) atoms. The summed E-state index contributed by atoms with van der Waals surface area (Å²) in [5.74, 6) is 0.322. The molecule has 1 N–H and O–H groups in total. The summed E-state index contributed by atoms with van der Waals surface area (Å²) in [5, 5.41) is 0. The van der Waals surface area contributed by atoms with E-state index in [-0.39, 0.29) is 12.8 Å². The lowest BCUT2D eigenvalue weighted by Gasteiger charge is -2.17. The van der Waals surface area contributed by atoms with E-state index in [0.29, 0.717) is 5.92 Å². The van der Waals surface area contributed by atoms with Crippen molar-refractivity contribution in [3.8, 4) is 0 Å². The first-order chi connectivity index (χ1) is 5.61. The van der Waals surface area contributed by atoms with Gasteiger partial charge in [-0.3, -0.25) is 0 Å². The van der Waals surface area contributed by atoms with Gasteiger partial charge in [-0.25, -0.2) is 10.5 Å². The third-order valence-electron chi connectivity index (χ3n) is 1.92. The van der Waals surface area contributed by atoms with E-state index in [1.807, 2.05) is 20.8 Å². The Morgan fingerprint density at radius 1 is 1.50 bits per heavy atom. The molecular formula is C8H16NO3. The highest BCUT2D eigenvalue weighted by Crippen LogP contribution is 2.10. The van der Waals surface area contributed by atoms with Crippen LogP contribution in [0.15, 0.2) is 0 Å². The van der Waals surface area contributed by atoms with Crippen LogP contribution >= 0.6 is 0 Å². The monoisotopic (exact) mass is 174 g/mol. The van der Waals surface area contributed by atoms with Crippen LogP contribution in [0.1, 0.15) is 27.2 Å². The van der Waals surface area contributed by atoms with Crippen molar-refractivity contribution in [1.29, 1.82) is 0 Å². The lowest BCUT2D eigenvalue weighted by atomic mass is 10.0. The molecule has 2 atom stereocenters. The van der Waals surface area contributed by atoms with Crippen LogP contribution < -0.4 is 5.73 Å². The van der Waals surface area contributed by atoms with Gasteiger partial charge in [0.2, 0.25) is 0 Å². The molecule has 0 amide bonds. The summed E-state index contributed by atoms with van der Waals surface area (Å²) in [4.78, 5) is 10.7. The Bertz CT molecular complexity index is 138. The fourth-order valence-electron chi connectivity index (χ4n) is 0.693. The number of ether oxygens (including phenoxy) is 2. The first kappa shape index (κ1) is 11.2. The minimum absolute atomic E-state index is 0.144. The minimum Gasteiger partial charge on any atom is -0.431 e. The van der Waals surface area contributed by atoms with Crippen molar-refractivity contribution >= 4 is 6.16 Å². The molecule has 0 saturated carbocycles. The van der Waals surface area contributed by atoms with Crippen LogP contribution in [0.2, 0.25) is 0 Å². The normalized spacial score (nSPS) is 15.0. The Morgan fingerprint density at radius 3 is 2.50 bits per heavy atom. The maximum Gasteiger partial charge on any atom is 0.509 e. The maximum atomic E-state index is 10.7. The van der Waals surface area contributed by atoms with Crippen molar-refractivity contribution < 1.29 is 14.3 Å². The summed E-state index contributed by atoms with van der Waals surface area (Å²) in [6.45, 7) is 5.46. The highest BCUT2D eigenvalue weighted by atomic mass is 16.7. The summed E-state index contributed by atoms with van der Waals surface area (Å²) >= 11 is 0. The largest absolute Gasteiger partial charge is 0.509 e. The van der Waals surface area contributed by atoms with E-state index in [4.69, 9.17) is 10.5 Å². The van der Waals surface area contributed by atoms with Gasteiger partial charge in [-0.1, -0.05) is 20.3 Å². The highest BCUT2D eigenvalue weighted by Gasteiger charge is 2.15. The van der Waals surface area contributed by atoms with E-state index in [0.717, 1.165) is 6.42 Å². The zero-order valence-electron chi connectivity index (χ0n) is 7.79. The fourth-order valence-corrected chi connectivity index (χ4v) is 0.693. The van der Waals surface area contributed by atoms with Gasteiger partial charge in [0.15, 0.2) is 6.73 Å². The second-order valence-corrected chi connectivity index (χ2v) is 2.75. The highest BCUT2D eigenvalue weighted by molar-refractivity contribution is 5.59. The lowest BCUT2D eigenvalue weighted by molar-refractivity contribution is 0.0119. The fraction of sp³-hybridized carbons (Fsp3) is 0.875. The molecule has 0 aromatic heterocycles. The molecule has 2 unspecified atom stereocenters. The SMILES string of the molecule is CCC(C)C(C)OC(=O)OC[NH]. The molecule has 0 aliphatic rings. The van der Waals surface area contributed by atoms with Gasteiger partial charge in [-0.2, -0.15) is 0 Å². The summed E-state index contributed by atoms with van der Waals surface area (Å²) in [5.41, 5.74) is 6.61. The van der Waals surface area contributed by atoms with Gasteiger partial charge in [0.05, 0.1) is 0 Å². The average molecular weight is 174 g/mol. The first-order valence-corrected chi connectivity index (χ1v) is 4.09. The Hall–Kier alpha value is -0.770. The molecule has 0 spiro atoms. The molecule has 0 aliphatic carbocycles. The van der Waals surface area contributed by atoms with Crippen LogP contribution in [-0.4, -0.2) is 19.0 Å². The van der Waals surface area contributed by atoms with Crippen LogP contribution in [0.25, 0.3) is 0 Å². The average Bonchev–Trinajstić information content (AvgIpc) is 2.03.